The van der Waals surface area contributed by atoms with Crippen molar-refractivity contribution in [3.05, 3.63) is 70.7 Å². The highest BCUT2D eigenvalue weighted by atomic mass is 35.5. The second-order valence-electron chi connectivity index (χ2n) is 5.91. The van der Waals surface area contributed by atoms with Gasteiger partial charge in [0.15, 0.2) is 0 Å². The van der Waals surface area contributed by atoms with Crippen molar-refractivity contribution in [1.82, 2.24) is 9.80 Å². The van der Waals surface area contributed by atoms with Crippen molar-refractivity contribution in [2.45, 2.75) is 13.0 Å². The van der Waals surface area contributed by atoms with E-state index >= 15 is 0 Å². The van der Waals surface area contributed by atoms with Gasteiger partial charge in [0, 0.05) is 38.1 Å². The molecule has 1 fully saturated rings. The Balaban J connectivity index is 1.87. The van der Waals surface area contributed by atoms with E-state index in [2.05, 4.69) is 41.3 Å². The van der Waals surface area contributed by atoms with Gasteiger partial charge < -0.3 is 4.90 Å². The maximum atomic E-state index is 11.5. The van der Waals surface area contributed by atoms with Crippen molar-refractivity contribution in [3.63, 3.8) is 0 Å². The summed E-state index contributed by atoms with van der Waals surface area (Å²) in [6.45, 7) is 4.96. The molecule has 23 heavy (non-hydrogen) atoms. The summed E-state index contributed by atoms with van der Waals surface area (Å²) in [6, 6.07) is 18.8. The van der Waals surface area contributed by atoms with E-state index in [1.54, 1.807) is 6.92 Å². The van der Waals surface area contributed by atoms with Gasteiger partial charge in [0.2, 0.25) is 5.91 Å². The number of carbonyl (C=O) groups is 1. The second-order valence-corrected chi connectivity index (χ2v) is 6.34. The van der Waals surface area contributed by atoms with Crippen LogP contribution in [0.3, 0.4) is 0 Å². The van der Waals surface area contributed by atoms with Crippen molar-refractivity contribution in [2.24, 2.45) is 0 Å². The van der Waals surface area contributed by atoms with E-state index in [0.29, 0.717) is 0 Å². The third kappa shape index (κ3) is 3.74. The number of benzene rings is 2. The van der Waals surface area contributed by atoms with Gasteiger partial charge in [0.25, 0.3) is 0 Å². The van der Waals surface area contributed by atoms with Crippen LogP contribution in [-0.4, -0.2) is 41.9 Å². The fourth-order valence-corrected chi connectivity index (χ4v) is 3.32. The molecule has 0 aromatic heterocycles. The van der Waals surface area contributed by atoms with E-state index in [4.69, 9.17) is 11.6 Å². The van der Waals surface area contributed by atoms with Crippen LogP contribution in [0.1, 0.15) is 24.1 Å². The lowest BCUT2D eigenvalue weighted by molar-refractivity contribution is -0.130. The highest BCUT2D eigenvalue weighted by molar-refractivity contribution is 6.30. The number of carbonyl (C=O) groups excluding carboxylic acids is 1. The molecule has 0 saturated carbocycles. The lowest BCUT2D eigenvalue weighted by atomic mass is 9.96. The Morgan fingerprint density at radius 1 is 0.913 bits per heavy atom. The SMILES string of the molecule is CC(=O)N1CCN(C(c2ccccc2)c2ccc(Cl)cc2)CC1. The quantitative estimate of drug-likeness (QED) is 0.859. The third-order valence-electron chi connectivity index (χ3n) is 4.43. The Labute approximate surface area is 142 Å². The van der Waals surface area contributed by atoms with Crippen LogP contribution < -0.4 is 0 Å². The zero-order valence-corrected chi connectivity index (χ0v) is 14.0. The number of hydrogen-bond donors (Lipinski definition) is 0. The van der Waals surface area contributed by atoms with Crippen molar-refractivity contribution >= 4 is 17.5 Å². The summed E-state index contributed by atoms with van der Waals surface area (Å²) in [5.41, 5.74) is 2.50. The van der Waals surface area contributed by atoms with Crippen molar-refractivity contribution in [1.29, 1.82) is 0 Å². The molecule has 1 saturated heterocycles. The van der Waals surface area contributed by atoms with Crippen LogP contribution >= 0.6 is 11.6 Å². The van der Waals surface area contributed by atoms with Gasteiger partial charge in [-0.1, -0.05) is 54.1 Å². The molecule has 1 heterocycles. The molecule has 2 aromatic rings. The first-order valence-electron chi connectivity index (χ1n) is 7.95. The largest absolute Gasteiger partial charge is 0.340 e. The molecule has 1 aliphatic heterocycles. The maximum absolute atomic E-state index is 11.5. The van der Waals surface area contributed by atoms with Gasteiger partial charge >= 0.3 is 0 Å². The van der Waals surface area contributed by atoms with Crippen LogP contribution in [-0.2, 0) is 4.79 Å². The van der Waals surface area contributed by atoms with Gasteiger partial charge in [-0.15, -0.1) is 0 Å². The summed E-state index contributed by atoms with van der Waals surface area (Å²) in [4.78, 5) is 15.9. The molecule has 120 valence electrons. The van der Waals surface area contributed by atoms with Crippen molar-refractivity contribution < 1.29 is 4.79 Å². The minimum atomic E-state index is 0.160. The average molecular weight is 329 g/mol. The topological polar surface area (TPSA) is 23.6 Å². The molecule has 0 N–H and O–H groups in total. The van der Waals surface area contributed by atoms with Gasteiger partial charge in [0.05, 0.1) is 6.04 Å². The summed E-state index contributed by atoms with van der Waals surface area (Å²) in [7, 11) is 0. The normalized spacial score (nSPS) is 17.0. The Hall–Kier alpha value is -1.84. The van der Waals surface area contributed by atoms with Crippen LogP contribution in [0.5, 0.6) is 0 Å². The lowest BCUT2D eigenvalue weighted by Crippen LogP contribution is -2.49. The zero-order chi connectivity index (χ0) is 16.2. The summed E-state index contributed by atoms with van der Waals surface area (Å²) in [6.07, 6.45) is 0. The average Bonchev–Trinajstić information content (AvgIpc) is 2.58. The van der Waals surface area contributed by atoms with E-state index < -0.39 is 0 Å². The lowest BCUT2D eigenvalue weighted by Gasteiger charge is -2.39. The standard InChI is InChI=1S/C19H21ClN2O/c1-15(23)21-11-13-22(14-12-21)19(16-5-3-2-4-6-16)17-7-9-18(20)10-8-17/h2-10,19H,11-14H2,1H3. The first-order valence-corrected chi connectivity index (χ1v) is 8.33. The van der Waals surface area contributed by atoms with E-state index in [0.717, 1.165) is 31.2 Å². The highest BCUT2D eigenvalue weighted by Crippen LogP contribution is 2.30. The van der Waals surface area contributed by atoms with Crippen LogP contribution in [0.2, 0.25) is 5.02 Å². The smallest absolute Gasteiger partial charge is 0.219 e. The summed E-state index contributed by atoms with van der Waals surface area (Å²) in [5, 5.41) is 0.752. The molecule has 1 aliphatic rings. The fourth-order valence-electron chi connectivity index (χ4n) is 3.19. The molecule has 0 spiro atoms. The summed E-state index contributed by atoms with van der Waals surface area (Å²) < 4.78 is 0. The molecule has 3 rings (SSSR count). The van der Waals surface area contributed by atoms with Crippen LogP contribution in [0, 0.1) is 0 Å². The second kappa shape index (κ2) is 7.16. The minimum absolute atomic E-state index is 0.160. The number of piperazine rings is 1. The molecule has 3 nitrogen and oxygen atoms in total. The molecular weight excluding hydrogens is 308 g/mol. The van der Waals surface area contributed by atoms with E-state index in [1.807, 2.05) is 23.1 Å². The maximum Gasteiger partial charge on any atom is 0.219 e. The van der Waals surface area contributed by atoms with E-state index in [9.17, 15) is 4.79 Å². The summed E-state index contributed by atoms with van der Waals surface area (Å²) >= 11 is 6.04. The Morgan fingerprint density at radius 2 is 1.48 bits per heavy atom. The Bertz CT molecular complexity index is 649. The molecule has 0 radical (unpaired) electrons. The number of amides is 1. The first-order chi connectivity index (χ1) is 11.1. The van der Waals surface area contributed by atoms with Gasteiger partial charge in [-0.05, 0) is 23.3 Å². The van der Waals surface area contributed by atoms with Gasteiger partial charge in [-0.2, -0.15) is 0 Å². The number of nitrogens with zero attached hydrogens (tertiary/aromatic N) is 2. The van der Waals surface area contributed by atoms with Crippen molar-refractivity contribution in [2.75, 3.05) is 26.2 Å². The zero-order valence-electron chi connectivity index (χ0n) is 13.3. The molecule has 0 bridgehead atoms. The predicted octanol–water partition coefficient (Wildman–Crippen LogP) is 3.59. The van der Waals surface area contributed by atoms with Gasteiger partial charge in [-0.25, -0.2) is 0 Å². The summed E-state index contributed by atoms with van der Waals surface area (Å²) in [5.74, 6) is 0.160. The molecule has 1 amide bonds. The van der Waals surface area contributed by atoms with Crippen molar-refractivity contribution in [3.8, 4) is 0 Å². The van der Waals surface area contributed by atoms with E-state index in [-0.39, 0.29) is 11.9 Å². The number of halogens is 1. The Kier molecular flexibility index (Phi) is 4.99. The number of rotatable bonds is 3. The van der Waals surface area contributed by atoms with Gasteiger partial charge in [-0.3, -0.25) is 9.69 Å². The first kappa shape index (κ1) is 16.0. The van der Waals surface area contributed by atoms with Crippen LogP contribution in [0.4, 0.5) is 0 Å². The monoisotopic (exact) mass is 328 g/mol. The van der Waals surface area contributed by atoms with Crippen LogP contribution in [0.25, 0.3) is 0 Å². The van der Waals surface area contributed by atoms with Crippen LogP contribution in [0.15, 0.2) is 54.6 Å². The fraction of sp³-hybridized carbons (Fsp3) is 0.316. The molecular formula is C19H21ClN2O. The highest BCUT2D eigenvalue weighted by Gasteiger charge is 2.27. The van der Waals surface area contributed by atoms with E-state index in [1.165, 1.54) is 11.1 Å². The Morgan fingerprint density at radius 3 is 2.04 bits per heavy atom. The third-order valence-corrected chi connectivity index (χ3v) is 4.68. The minimum Gasteiger partial charge on any atom is -0.340 e. The molecule has 4 heteroatoms. The molecule has 1 atom stereocenters. The molecule has 0 aliphatic carbocycles. The number of hydrogen-bond acceptors (Lipinski definition) is 2. The molecule has 2 aromatic carbocycles. The molecule has 1 unspecified atom stereocenters. The predicted molar refractivity (Wildman–Crippen MR) is 93.6 cm³/mol. The van der Waals surface area contributed by atoms with Gasteiger partial charge in [0.1, 0.15) is 0 Å².